The molecule has 0 aliphatic heterocycles. The zero-order valence-electron chi connectivity index (χ0n) is 16.1. The van der Waals surface area contributed by atoms with Gasteiger partial charge >= 0.3 is 0 Å². The molecule has 0 spiro atoms. The summed E-state index contributed by atoms with van der Waals surface area (Å²) in [5, 5.41) is 54.7. The summed E-state index contributed by atoms with van der Waals surface area (Å²) in [4.78, 5) is 0. The Kier molecular flexibility index (Phi) is 4.02. The van der Waals surface area contributed by atoms with Gasteiger partial charge in [-0.05, 0) is 69.1 Å². The Bertz CT molecular complexity index is 632. The van der Waals surface area contributed by atoms with Crippen molar-refractivity contribution in [3.8, 4) is 0 Å². The average molecular weight is 366 g/mol. The molecule has 4 rings (SSSR count). The maximum absolute atomic E-state index is 11.9. The molecule has 0 aromatic rings. The summed E-state index contributed by atoms with van der Waals surface area (Å²) in [5.74, 6) is 0.0760. The third-order valence-corrected chi connectivity index (χ3v) is 9.24. The SMILES string of the molecule is CC(O)C1(O)CC[C@]2(O)C3CC=C4C[C@@H](O)CC[C@]4(C)C3C[C@@H](O)[C@]12C. The van der Waals surface area contributed by atoms with E-state index in [4.69, 9.17) is 0 Å². The minimum atomic E-state index is -1.49. The van der Waals surface area contributed by atoms with Crippen molar-refractivity contribution in [1.82, 2.24) is 0 Å². The Hall–Kier alpha value is -0.460. The Morgan fingerprint density at radius 3 is 2.42 bits per heavy atom. The van der Waals surface area contributed by atoms with Gasteiger partial charge in [0.15, 0.2) is 0 Å². The fraction of sp³-hybridized carbons (Fsp3) is 0.905. The van der Waals surface area contributed by atoms with Gasteiger partial charge in [-0.15, -0.1) is 0 Å². The fourth-order valence-corrected chi connectivity index (χ4v) is 7.33. The van der Waals surface area contributed by atoms with E-state index in [1.807, 2.05) is 0 Å². The van der Waals surface area contributed by atoms with E-state index >= 15 is 0 Å². The molecule has 5 N–H and O–H groups in total. The highest BCUT2D eigenvalue weighted by Gasteiger charge is 2.75. The lowest BCUT2D eigenvalue weighted by molar-refractivity contribution is -0.273. The molecule has 0 heterocycles. The summed E-state index contributed by atoms with van der Waals surface area (Å²) in [6.07, 6.45) is 4.22. The Morgan fingerprint density at radius 2 is 1.77 bits per heavy atom. The van der Waals surface area contributed by atoms with Gasteiger partial charge < -0.3 is 25.5 Å². The van der Waals surface area contributed by atoms with E-state index < -0.39 is 28.8 Å². The molecule has 0 radical (unpaired) electrons. The van der Waals surface area contributed by atoms with E-state index in [9.17, 15) is 25.5 Å². The molecule has 26 heavy (non-hydrogen) atoms. The van der Waals surface area contributed by atoms with Crippen LogP contribution in [0.25, 0.3) is 0 Å². The average Bonchev–Trinajstić information content (AvgIpc) is 2.80. The van der Waals surface area contributed by atoms with Gasteiger partial charge in [-0.2, -0.15) is 0 Å². The Morgan fingerprint density at radius 1 is 1.08 bits per heavy atom. The zero-order valence-corrected chi connectivity index (χ0v) is 16.1. The van der Waals surface area contributed by atoms with Crippen LogP contribution in [0.5, 0.6) is 0 Å². The monoisotopic (exact) mass is 366 g/mol. The first kappa shape index (κ1) is 18.9. The van der Waals surface area contributed by atoms with Crippen LogP contribution in [0, 0.1) is 22.7 Å². The number of fused-ring (bicyclic) bond motifs is 5. The van der Waals surface area contributed by atoms with Crippen LogP contribution >= 0.6 is 0 Å². The maximum atomic E-state index is 11.9. The molecule has 0 bridgehead atoms. The topological polar surface area (TPSA) is 101 Å². The maximum Gasteiger partial charge on any atom is 0.101 e. The van der Waals surface area contributed by atoms with Gasteiger partial charge in [-0.25, -0.2) is 0 Å². The fourth-order valence-electron chi connectivity index (χ4n) is 7.33. The van der Waals surface area contributed by atoms with Crippen LogP contribution in [-0.2, 0) is 0 Å². The largest absolute Gasteiger partial charge is 0.393 e. The molecule has 5 heteroatoms. The van der Waals surface area contributed by atoms with Gasteiger partial charge in [0, 0.05) is 0 Å². The van der Waals surface area contributed by atoms with Gasteiger partial charge in [0.1, 0.15) is 5.60 Å². The summed E-state index contributed by atoms with van der Waals surface area (Å²) in [7, 11) is 0. The summed E-state index contributed by atoms with van der Waals surface area (Å²) < 4.78 is 0. The minimum Gasteiger partial charge on any atom is -0.393 e. The predicted octanol–water partition coefficient (Wildman–Crippen LogP) is 1.51. The van der Waals surface area contributed by atoms with Crippen molar-refractivity contribution in [2.75, 3.05) is 0 Å². The van der Waals surface area contributed by atoms with E-state index in [0.29, 0.717) is 32.1 Å². The highest BCUT2D eigenvalue weighted by molar-refractivity contribution is 5.31. The molecular weight excluding hydrogens is 332 g/mol. The van der Waals surface area contributed by atoms with Gasteiger partial charge in [-0.3, -0.25) is 0 Å². The van der Waals surface area contributed by atoms with Crippen LogP contribution in [-0.4, -0.2) is 55.0 Å². The molecule has 0 saturated heterocycles. The third kappa shape index (κ3) is 1.99. The minimum absolute atomic E-state index is 0.0485. The van der Waals surface area contributed by atoms with Crippen LogP contribution in [0.4, 0.5) is 0 Å². The molecule has 5 nitrogen and oxygen atoms in total. The Labute approximate surface area is 155 Å². The Balaban J connectivity index is 1.79. The van der Waals surface area contributed by atoms with Crippen molar-refractivity contribution in [2.45, 2.75) is 95.2 Å². The molecular formula is C21H34O5. The molecule has 4 aliphatic rings. The summed E-state index contributed by atoms with van der Waals surface area (Å²) >= 11 is 0. The molecule has 148 valence electrons. The zero-order chi connectivity index (χ0) is 19.1. The summed E-state index contributed by atoms with van der Waals surface area (Å²) in [6, 6.07) is 0. The van der Waals surface area contributed by atoms with Gasteiger partial charge in [0.25, 0.3) is 0 Å². The summed E-state index contributed by atoms with van der Waals surface area (Å²) in [5.41, 5.74) is -2.69. The normalized spacial score (nSPS) is 57.6. The van der Waals surface area contributed by atoms with Gasteiger partial charge in [0.05, 0.1) is 29.3 Å². The van der Waals surface area contributed by atoms with Crippen LogP contribution in [0.3, 0.4) is 0 Å². The van der Waals surface area contributed by atoms with E-state index in [2.05, 4.69) is 13.0 Å². The van der Waals surface area contributed by atoms with Gasteiger partial charge in [0.2, 0.25) is 0 Å². The quantitative estimate of drug-likeness (QED) is 0.453. The van der Waals surface area contributed by atoms with Crippen molar-refractivity contribution in [2.24, 2.45) is 22.7 Å². The van der Waals surface area contributed by atoms with Crippen molar-refractivity contribution in [3.63, 3.8) is 0 Å². The van der Waals surface area contributed by atoms with Crippen LogP contribution in [0.1, 0.15) is 65.7 Å². The lowest BCUT2D eigenvalue weighted by Gasteiger charge is -2.64. The predicted molar refractivity (Wildman–Crippen MR) is 97.2 cm³/mol. The number of rotatable bonds is 1. The second-order valence-corrected chi connectivity index (χ2v) is 9.97. The number of hydrogen-bond acceptors (Lipinski definition) is 5. The molecule has 0 aromatic heterocycles. The summed E-state index contributed by atoms with van der Waals surface area (Å²) in [6.45, 7) is 5.54. The van der Waals surface area contributed by atoms with Crippen molar-refractivity contribution >= 4 is 0 Å². The number of hydrogen-bond donors (Lipinski definition) is 5. The molecule has 4 aliphatic carbocycles. The molecule has 4 unspecified atom stereocenters. The first-order valence-electron chi connectivity index (χ1n) is 10.2. The van der Waals surface area contributed by atoms with E-state index in [1.165, 1.54) is 5.57 Å². The van der Waals surface area contributed by atoms with Gasteiger partial charge in [-0.1, -0.05) is 25.5 Å². The molecule has 0 aromatic carbocycles. The highest BCUT2D eigenvalue weighted by Crippen LogP contribution is 2.69. The van der Waals surface area contributed by atoms with E-state index in [-0.39, 0.29) is 23.4 Å². The molecule has 3 saturated carbocycles. The van der Waals surface area contributed by atoms with Crippen LogP contribution in [0.15, 0.2) is 11.6 Å². The standard InChI is InChI=1S/C21H34O5/c1-12(22)20(25)8-9-21(26)15-5-4-13-10-14(23)6-7-18(13,2)16(15)11-17(24)19(20,21)3/h4,12,14-17,22-26H,5-11H2,1-3H3/t12?,14-,15?,16?,17+,18-,19+,20?,21-/m0/s1. The molecule has 9 atom stereocenters. The van der Waals surface area contributed by atoms with Crippen molar-refractivity contribution in [3.05, 3.63) is 11.6 Å². The first-order chi connectivity index (χ1) is 12.0. The number of aliphatic hydroxyl groups is 5. The lowest BCUT2D eigenvalue weighted by atomic mass is 9.44. The van der Waals surface area contributed by atoms with Crippen molar-refractivity contribution < 1.29 is 25.5 Å². The third-order valence-electron chi connectivity index (χ3n) is 9.24. The highest BCUT2D eigenvalue weighted by atomic mass is 16.4. The van der Waals surface area contributed by atoms with E-state index in [1.54, 1.807) is 13.8 Å². The molecule has 0 amide bonds. The van der Waals surface area contributed by atoms with Crippen molar-refractivity contribution in [1.29, 1.82) is 0 Å². The second kappa shape index (κ2) is 5.54. The molecule has 3 fully saturated rings. The van der Waals surface area contributed by atoms with E-state index in [0.717, 1.165) is 12.8 Å². The smallest absolute Gasteiger partial charge is 0.101 e. The number of aliphatic hydroxyl groups excluding tert-OH is 3. The number of allylic oxidation sites excluding steroid dienone is 1. The lowest BCUT2D eigenvalue weighted by Crippen LogP contribution is -2.71. The second-order valence-electron chi connectivity index (χ2n) is 9.97. The first-order valence-corrected chi connectivity index (χ1v) is 10.2. The van der Waals surface area contributed by atoms with Crippen LogP contribution in [0.2, 0.25) is 0 Å². The van der Waals surface area contributed by atoms with Crippen LogP contribution < -0.4 is 0 Å².